The summed E-state index contributed by atoms with van der Waals surface area (Å²) in [6.07, 6.45) is -0.201. The fraction of sp³-hybridized carbons (Fsp3) is 0.529. The summed E-state index contributed by atoms with van der Waals surface area (Å²) in [6, 6.07) is 5.45. The quantitative estimate of drug-likeness (QED) is 0.681. The number of likely N-dealkylation sites (N-methyl/N-ethyl adjacent to an activating group) is 1. The van der Waals surface area contributed by atoms with E-state index < -0.39 is 11.9 Å². The summed E-state index contributed by atoms with van der Waals surface area (Å²) in [5.41, 5.74) is 2.67. The molecule has 22 heavy (non-hydrogen) atoms. The second-order valence-electron chi connectivity index (χ2n) is 5.57. The number of aliphatic hydroxyl groups excluding tert-OH is 1. The zero-order valence-electron chi connectivity index (χ0n) is 13.5. The summed E-state index contributed by atoms with van der Waals surface area (Å²) >= 11 is 0. The predicted molar refractivity (Wildman–Crippen MR) is 85.2 cm³/mol. The van der Waals surface area contributed by atoms with Crippen molar-refractivity contribution >= 4 is 11.8 Å². The SMILES string of the molecule is CCN(CCO)CC(CC(=O)O)C(=O)c1ccc(C)c(C)c1. The summed E-state index contributed by atoms with van der Waals surface area (Å²) in [5, 5.41) is 18.1. The first kappa shape index (κ1) is 18.3. The zero-order chi connectivity index (χ0) is 16.7. The molecular weight excluding hydrogens is 282 g/mol. The number of carbonyl (C=O) groups excluding carboxylic acids is 1. The highest BCUT2D eigenvalue weighted by Crippen LogP contribution is 2.17. The molecule has 2 N–H and O–H groups in total. The lowest BCUT2D eigenvalue weighted by molar-refractivity contribution is -0.137. The normalized spacial score (nSPS) is 12.4. The van der Waals surface area contributed by atoms with E-state index in [1.165, 1.54) is 0 Å². The molecule has 1 aromatic carbocycles. The molecule has 0 radical (unpaired) electrons. The number of Topliss-reactive ketones (excluding diaryl/α,β-unsaturated/α-hetero) is 1. The first-order chi connectivity index (χ1) is 10.4. The molecule has 0 amide bonds. The summed E-state index contributed by atoms with van der Waals surface area (Å²) in [5.74, 6) is -1.74. The van der Waals surface area contributed by atoms with Crippen molar-refractivity contribution in [2.45, 2.75) is 27.2 Å². The van der Waals surface area contributed by atoms with Gasteiger partial charge in [0.1, 0.15) is 0 Å². The monoisotopic (exact) mass is 307 g/mol. The lowest BCUT2D eigenvalue weighted by Crippen LogP contribution is -2.36. The zero-order valence-corrected chi connectivity index (χ0v) is 13.5. The van der Waals surface area contributed by atoms with Gasteiger partial charge in [-0.1, -0.05) is 19.1 Å². The smallest absolute Gasteiger partial charge is 0.304 e. The van der Waals surface area contributed by atoms with Crippen LogP contribution in [0.5, 0.6) is 0 Å². The third-order valence-electron chi connectivity index (χ3n) is 3.93. The van der Waals surface area contributed by atoms with Crippen molar-refractivity contribution in [3.05, 3.63) is 34.9 Å². The Morgan fingerprint density at radius 3 is 2.41 bits per heavy atom. The van der Waals surface area contributed by atoms with Gasteiger partial charge in [-0.3, -0.25) is 9.59 Å². The van der Waals surface area contributed by atoms with Gasteiger partial charge in [0.2, 0.25) is 0 Å². The lowest BCUT2D eigenvalue weighted by Gasteiger charge is -2.24. The maximum absolute atomic E-state index is 12.6. The fourth-order valence-electron chi connectivity index (χ4n) is 2.41. The highest BCUT2D eigenvalue weighted by Gasteiger charge is 2.25. The molecule has 0 saturated heterocycles. The number of rotatable bonds is 9. The van der Waals surface area contributed by atoms with E-state index in [9.17, 15) is 9.59 Å². The van der Waals surface area contributed by atoms with Crippen LogP contribution in [0.25, 0.3) is 0 Å². The molecule has 0 heterocycles. The van der Waals surface area contributed by atoms with Gasteiger partial charge in [-0.15, -0.1) is 0 Å². The Balaban J connectivity index is 2.96. The molecule has 1 aromatic rings. The van der Waals surface area contributed by atoms with Crippen LogP contribution in [0.4, 0.5) is 0 Å². The molecule has 1 rings (SSSR count). The number of aryl methyl sites for hydroxylation is 2. The fourth-order valence-corrected chi connectivity index (χ4v) is 2.41. The molecule has 0 aliphatic rings. The van der Waals surface area contributed by atoms with Crippen molar-refractivity contribution < 1.29 is 19.8 Å². The van der Waals surface area contributed by atoms with Crippen LogP contribution in [0, 0.1) is 19.8 Å². The Labute approximate surface area is 131 Å². The number of hydrogen-bond donors (Lipinski definition) is 2. The van der Waals surface area contributed by atoms with Gasteiger partial charge < -0.3 is 15.1 Å². The number of nitrogens with zero attached hydrogens (tertiary/aromatic N) is 1. The first-order valence-electron chi connectivity index (χ1n) is 7.55. The molecular formula is C17H25NO4. The molecule has 122 valence electrons. The van der Waals surface area contributed by atoms with Gasteiger partial charge >= 0.3 is 5.97 Å². The molecule has 5 heteroatoms. The molecule has 1 unspecified atom stereocenters. The minimum atomic E-state index is -0.984. The summed E-state index contributed by atoms with van der Waals surface area (Å²) < 4.78 is 0. The van der Waals surface area contributed by atoms with E-state index in [0.717, 1.165) is 11.1 Å². The van der Waals surface area contributed by atoms with Gasteiger partial charge in [0.15, 0.2) is 5.78 Å². The van der Waals surface area contributed by atoms with Gasteiger partial charge in [0.25, 0.3) is 0 Å². The van der Waals surface area contributed by atoms with Crippen molar-refractivity contribution in [3.63, 3.8) is 0 Å². The minimum Gasteiger partial charge on any atom is -0.481 e. The predicted octanol–water partition coefficient (Wildman–Crippen LogP) is 1.89. The van der Waals surface area contributed by atoms with Crippen LogP contribution >= 0.6 is 0 Å². The molecule has 1 atom stereocenters. The van der Waals surface area contributed by atoms with Crippen LogP contribution < -0.4 is 0 Å². The first-order valence-corrected chi connectivity index (χ1v) is 7.55. The van der Waals surface area contributed by atoms with E-state index in [-0.39, 0.29) is 18.8 Å². The Morgan fingerprint density at radius 1 is 1.23 bits per heavy atom. The number of benzene rings is 1. The van der Waals surface area contributed by atoms with Crippen LogP contribution in [0.3, 0.4) is 0 Å². The van der Waals surface area contributed by atoms with Crippen molar-refractivity contribution in [1.29, 1.82) is 0 Å². The number of aliphatic hydroxyl groups is 1. The molecule has 0 aromatic heterocycles. The third-order valence-corrected chi connectivity index (χ3v) is 3.93. The van der Waals surface area contributed by atoms with E-state index in [2.05, 4.69) is 0 Å². The standard InChI is InChI=1S/C17H25NO4/c1-4-18(7-8-19)11-15(10-16(20)21)17(22)14-6-5-12(2)13(3)9-14/h5-6,9,15,19H,4,7-8,10-11H2,1-3H3,(H,20,21). The molecule has 0 aliphatic heterocycles. The number of carboxylic acid groups (broad SMARTS) is 1. The van der Waals surface area contributed by atoms with Gasteiger partial charge in [0, 0.05) is 24.6 Å². The van der Waals surface area contributed by atoms with Crippen LogP contribution in [0.1, 0.15) is 34.8 Å². The Morgan fingerprint density at radius 2 is 1.91 bits per heavy atom. The van der Waals surface area contributed by atoms with Gasteiger partial charge in [0.05, 0.1) is 13.0 Å². The molecule has 0 bridgehead atoms. The van der Waals surface area contributed by atoms with Crippen LogP contribution in [0.15, 0.2) is 18.2 Å². The second-order valence-corrected chi connectivity index (χ2v) is 5.57. The lowest BCUT2D eigenvalue weighted by atomic mass is 9.92. The number of aliphatic carboxylic acids is 1. The summed E-state index contributed by atoms with van der Waals surface area (Å²) in [7, 11) is 0. The molecule has 0 aliphatic carbocycles. The summed E-state index contributed by atoms with van der Waals surface area (Å²) in [4.78, 5) is 25.6. The van der Waals surface area contributed by atoms with Crippen molar-refractivity contribution in [2.24, 2.45) is 5.92 Å². The average molecular weight is 307 g/mol. The number of hydrogen-bond acceptors (Lipinski definition) is 4. The van der Waals surface area contributed by atoms with Crippen LogP contribution in [-0.4, -0.2) is 53.1 Å². The topological polar surface area (TPSA) is 77.8 Å². The maximum atomic E-state index is 12.6. The van der Waals surface area contributed by atoms with Crippen molar-refractivity contribution in [2.75, 3.05) is 26.2 Å². The van der Waals surface area contributed by atoms with E-state index in [1.807, 2.05) is 37.8 Å². The molecule has 0 fully saturated rings. The maximum Gasteiger partial charge on any atom is 0.304 e. The number of carboxylic acids is 1. The van der Waals surface area contributed by atoms with Gasteiger partial charge in [-0.25, -0.2) is 0 Å². The Hall–Kier alpha value is -1.72. The largest absolute Gasteiger partial charge is 0.481 e. The summed E-state index contributed by atoms with van der Waals surface area (Å²) in [6.45, 7) is 7.26. The number of ketones is 1. The number of carbonyl (C=O) groups is 2. The van der Waals surface area contributed by atoms with E-state index in [0.29, 0.717) is 25.2 Å². The highest BCUT2D eigenvalue weighted by atomic mass is 16.4. The van der Waals surface area contributed by atoms with Crippen LogP contribution in [-0.2, 0) is 4.79 Å². The Bertz CT molecular complexity index is 527. The van der Waals surface area contributed by atoms with Crippen molar-refractivity contribution in [3.8, 4) is 0 Å². The van der Waals surface area contributed by atoms with E-state index in [1.54, 1.807) is 6.07 Å². The molecule has 0 saturated carbocycles. The minimum absolute atomic E-state index is 0.00847. The van der Waals surface area contributed by atoms with Crippen molar-refractivity contribution in [1.82, 2.24) is 4.90 Å². The molecule has 0 spiro atoms. The van der Waals surface area contributed by atoms with E-state index in [4.69, 9.17) is 10.2 Å². The average Bonchev–Trinajstić information content (AvgIpc) is 2.47. The van der Waals surface area contributed by atoms with Gasteiger partial charge in [-0.2, -0.15) is 0 Å². The van der Waals surface area contributed by atoms with E-state index >= 15 is 0 Å². The van der Waals surface area contributed by atoms with Crippen LogP contribution in [0.2, 0.25) is 0 Å². The van der Waals surface area contributed by atoms with Gasteiger partial charge in [-0.05, 0) is 37.6 Å². The molecule has 5 nitrogen and oxygen atoms in total. The second kappa shape index (κ2) is 8.66. The Kier molecular flexibility index (Phi) is 7.21. The third kappa shape index (κ3) is 5.24. The highest BCUT2D eigenvalue weighted by molar-refractivity contribution is 5.99.